The Bertz CT molecular complexity index is 1100. The van der Waals surface area contributed by atoms with Gasteiger partial charge in [-0.1, -0.05) is 29.8 Å². The molecule has 0 aromatic heterocycles. The van der Waals surface area contributed by atoms with E-state index in [0.29, 0.717) is 42.9 Å². The van der Waals surface area contributed by atoms with Crippen LogP contribution >= 0.6 is 0 Å². The van der Waals surface area contributed by atoms with Gasteiger partial charge in [0.05, 0.1) is 17.6 Å². The third-order valence-electron chi connectivity index (χ3n) is 5.82. The van der Waals surface area contributed by atoms with Crippen molar-refractivity contribution >= 4 is 23.1 Å². The molecule has 31 heavy (non-hydrogen) atoms. The Morgan fingerprint density at radius 1 is 1.16 bits per heavy atom. The van der Waals surface area contributed by atoms with Crippen molar-refractivity contribution in [3.05, 3.63) is 75.0 Å². The first kappa shape index (κ1) is 20.8. The zero-order valence-electron chi connectivity index (χ0n) is 17.6. The molecular formula is C24H24N2O5. The van der Waals surface area contributed by atoms with Gasteiger partial charge in [-0.3, -0.25) is 24.6 Å². The lowest BCUT2D eigenvalue weighted by Gasteiger charge is -2.38. The highest BCUT2D eigenvalue weighted by Gasteiger charge is 2.41. The molecule has 0 spiro atoms. The number of ether oxygens (including phenoxy) is 1. The maximum atomic E-state index is 13.3. The summed E-state index contributed by atoms with van der Waals surface area (Å²) >= 11 is 0. The Kier molecular flexibility index (Phi) is 5.59. The average Bonchev–Trinajstić information content (AvgIpc) is 2.74. The van der Waals surface area contributed by atoms with Gasteiger partial charge in [0.2, 0.25) is 5.91 Å². The summed E-state index contributed by atoms with van der Waals surface area (Å²) in [6.45, 7) is 4.15. The summed E-state index contributed by atoms with van der Waals surface area (Å²) in [7, 11) is 0. The Morgan fingerprint density at radius 2 is 1.97 bits per heavy atom. The number of hydrogen-bond acceptors (Lipinski definition) is 5. The molecule has 1 amide bonds. The van der Waals surface area contributed by atoms with Gasteiger partial charge in [0, 0.05) is 30.0 Å². The van der Waals surface area contributed by atoms with Gasteiger partial charge in [0.15, 0.2) is 5.78 Å². The number of ketones is 1. The third kappa shape index (κ3) is 3.83. The average molecular weight is 420 g/mol. The lowest BCUT2D eigenvalue weighted by atomic mass is 9.77. The van der Waals surface area contributed by atoms with Crippen molar-refractivity contribution in [3.8, 4) is 5.75 Å². The molecule has 2 aromatic carbocycles. The van der Waals surface area contributed by atoms with Crippen molar-refractivity contribution < 1.29 is 19.2 Å². The van der Waals surface area contributed by atoms with Crippen LogP contribution in [0.5, 0.6) is 5.75 Å². The van der Waals surface area contributed by atoms with Gasteiger partial charge in [-0.05, 0) is 44.4 Å². The number of benzene rings is 2. The van der Waals surface area contributed by atoms with Crippen LogP contribution in [0.4, 0.5) is 11.4 Å². The van der Waals surface area contributed by atoms with Crippen molar-refractivity contribution in [1.82, 2.24) is 0 Å². The van der Waals surface area contributed by atoms with Crippen LogP contribution < -0.4 is 9.64 Å². The summed E-state index contributed by atoms with van der Waals surface area (Å²) in [5, 5.41) is 11.8. The molecule has 0 radical (unpaired) electrons. The Hall–Kier alpha value is -3.48. The number of nitro groups is 1. The molecule has 160 valence electrons. The zero-order chi connectivity index (χ0) is 22.1. The number of Topliss-reactive ketones (excluding diaryl/α,β-unsaturated/α-hetero) is 1. The highest BCUT2D eigenvalue weighted by atomic mass is 16.6. The molecular weight excluding hydrogens is 396 g/mol. The zero-order valence-corrected chi connectivity index (χ0v) is 17.6. The minimum atomic E-state index is -0.511. The van der Waals surface area contributed by atoms with Crippen LogP contribution in [0.25, 0.3) is 0 Å². The highest BCUT2D eigenvalue weighted by Crippen LogP contribution is 2.45. The smallest absolute Gasteiger partial charge is 0.297 e. The molecule has 1 unspecified atom stereocenters. The van der Waals surface area contributed by atoms with E-state index in [0.717, 1.165) is 11.1 Å². The summed E-state index contributed by atoms with van der Waals surface area (Å²) in [6.07, 6.45) is 1.67. The Balaban J connectivity index is 1.88. The van der Waals surface area contributed by atoms with Crippen LogP contribution in [0.1, 0.15) is 49.7 Å². The van der Waals surface area contributed by atoms with E-state index >= 15 is 0 Å². The molecule has 7 heteroatoms. The fourth-order valence-corrected chi connectivity index (χ4v) is 4.54. The van der Waals surface area contributed by atoms with Gasteiger partial charge in [-0.2, -0.15) is 0 Å². The minimum Gasteiger partial charge on any atom is -0.494 e. The largest absolute Gasteiger partial charge is 0.494 e. The molecule has 4 rings (SSSR count). The Morgan fingerprint density at radius 3 is 2.68 bits per heavy atom. The van der Waals surface area contributed by atoms with Crippen LogP contribution in [0.2, 0.25) is 0 Å². The van der Waals surface area contributed by atoms with E-state index < -0.39 is 4.92 Å². The first-order valence-electron chi connectivity index (χ1n) is 10.5. The summed E-state index contributed by atoms with van der Waals surface area (Å²) in [5.41, 5.74) is 3.16. The monoisotopic (exact) mass is 420 g/mol. The number of aryl methyl sites for hydroxylation is 1. The number of carbonyl (C=O) groups excluding carboxylic acids is 2. The standard InChI is InChI=1S/C24H24N2O5/c1-3-31-17-10-11-19(21(13-17)26(29)30)25-20-8-5-9-22(27)24(20)18(14-23(25)28)16-7-4-6-15(2)12-16/h4,6-7,10-13,18H,3,5,8-9,14H2,1-2H3. The van der Waals surface area contributed by atoms with Gasteiger partial charge in [-0.15, -0.1) is 0 Å². The molecule has 1 heterocycles. The van der Waals surface area contributed by atoms with Gasteiger partial charge >= 0.3 is 0 Å². The van der Waals surface area contributed by atoms with E-state index in [1.807, 2.05) is 31.2 Å². The number of nitrogens with zero attached hydrogens (tertiary/aromatic N) is 2. The number of nitro benzene ring substituents is 1. The molecule has 2 aromatic rings. The quantitative estimate of drug-likeness (QED) is 0.510. The molecule has 1 aliphatic carbocycles. The van der Waals surface area contributed by atoms with E-state index in [1.165, 1.54) is 17.0 Å². The lowest BCUT2D eigenvalue weighted by Crippen LogP contribution is -2.40. The number of anilines is 1. The predicted octanol–water partition coefficient (Wildman–Crippen LogP) is 4.83. The van der Waals surface area contributed by atoms with Crippen LogP contribution in [-0.4, -0.2) is 23.2 Å². The summed E-state index contributed by atoms with van der Waals surface area (Å²) < 4.78 is 5.40. The second kappa shape index (κ2) is 8.34. The molecule has 0 saturated carbocycles. The van der Waals surface area contributed by atoms with E-state index in [-0.39, 0.29) is 35.4 Å². The summed E-state index contributed by atoms with van der Waals surface area (Å²) in [5.74, 6) is -0.187. The van der Waals surface area contributed by atoms with Crippen molar-refractivity contribution in [3.63, 3.8) is 0 Å². The first-order chi connectivity index (χ1) is 14.9. The number of amides is 1. The second-order valence-corrected chi connectivity index (χ2v) is 7.88. The normalized spacial score (nSPS) is 18.8. The molecule has 2 aliphatic rings. The van der Waals surface area contributed by atoms with Crippen LogP contribution in [0.3, 0.4) is 0 Å². The molecule has 0 bridgehead atoms. The van der Waals surface area contributed by atoms with Crippen molar-refractivity contribution in [1.29, 1.82) is 0 Å². The van der Waals surface area contributed by atoms with E-state index in [2.05, 4.69) is 0 Å². The molecule has 0 saturated heterocycles. The lowest BCUT2D eigenvalue weighted by molar-refractivity contribution is -0.384. The van der Waals surface area contributed by atoms with Gasteiger partial charge in [0.25, 0.3) is 5.69 Å². The summed E-state index contributed by atoms with van der Waals surface area (Å²) in [4.78, 5) is 39.0. The molecule has 1 aliphatic heterocycles. The minimum absolute atomic E-state index is 0.0128. The van der Waals surface area contributed by atoms with Crippen LogP contribution in [-0.2, 0) is 9.59 Å². The predicted molar refractivity (Wildman–Crippen MR) is 116 cm³/mol. The van der Waals surface area contributed by atoms with Gasteiger partial charge in [0.1, 0.15) is 11.4 Å². The number of hydrogen-bond donors (Lipinski definition) is 0. The Labute approximate surface area is 180 Å². The number of allylic oxidation sites excluding steroid dienone is 2. The summed E-state index contributed by atoms with van der Waals surface area (Å²) in [6, 6.07) is 12.3. The van der Waals surface area contributed by atoms with Gasteiger partial charge < -0.3 is 4.74 Å². The fraction of sp³-hybridized carbons (Fsp3) is 0.333. The molecule has 0 fully saturated rings. The topological polar surface area (TPSA) is 89.8 Å². The number of rotatable bonds is 5. The van der Waals surface area contributed by atoms with E-state index in [4.69, 9.17) is 4.74 Å². The van der Waals surface area contributed by atoms with Gasteiger partial charge in [-0.25, -0.2) is 0 Å². The highest BCUT2D eigenvalue weighted by molar-refractivity contribution is 6.08. The maximum absolute atomic E-state index is 13.3. The van der Waals surface area contributed by atoms with Crippen LogP contribution in [0.15, 0.2) is 53.7 Å². The third-order valence-corrected chi connectivity index (χ3v) is 5.82. The molecule has 1 atom stereocenters. The number of carbonyl (C=O) groups is 2. The SMILES string of the molecule is CCOc1ccc(N2C(=O)CC(c3cccc(C)c3)C3=C2CCCC3=O)c([N+](=O)[O-])c1. The van der Waals surface area contributed by atoms with Crippen molar-refractivity contribution in [2.75, 3.05) is 11.5 Å². The maximum Gasteiger partial charge on any atom is 0.297 e. The van der Waals surface area contributed by atoms with Crippen molar-refractivity contribution in [2.45, 2.75) is 45.4 Å². The molecule has 0 N–H and O–H groups in total. The second-order valence-electron chi connectivity index (χ2n) is 7.88. The van der Waals surface area contributed by atoms with E-state index in [1.54, 1.807) is 13.0 Å². The fourth-order valence-electron chi connectivity index (χ4n) is 4.54. The first-order valence-corrected chi connectivity index (χ1v) is 10.5. The van der Waals surface area contributed by atoms with Crippen molar-refractivity contribution in [2.24, 2.45) is 0 Å². The van der Waals surface area contributed by atoms with E-state index in [9.17, 15) is 19.7 Å². The molecule has 7 nitrogen and oxygen atoms in total. The van der Waals surface area contributed by atoms with Crippen LogP contribution in [0, 0.1) is 17.0 Å².